The molecule has 0 unspecified atom stereocenters. The van der Waals surface area contributed by atoms with E-state index in [0.29, 0.717) is 11.5 Å². The lowest BCUT2D eigenvalue weighted by Gasteiger charge is -2.01. The maximum atomic E-state index is 10.8. The Balaban J connectivity index is 0. The summed E-state index contributed by atoms with van der Waals surface area (Å²) < 4.78 is 25.5. The molecule has 2 aromatic rings. The number of nitrogens with two attached hydrogens (primary N) is 1. The maximum absolute atomic E-state index is 10.8. The lowest BCUT2D eigenvalue weighted by molar-refractivity contribution is 0.332. The van der Waals surface area contributed by atoms with Crippen molar-refractivity contribution in [3.05, 3.63) is 83.9 Å². The summed E-state index contributed by atoms with van der Waals surface area (Å²) in [5, 5.41) is 0. The molecule has 5 heteroatoms. The van der Waals surface area contributed by atoms with Gasteiger partial charge in [-0.2, -0.15) is 18.6 Å². The molecular weight excluding hydrogens is 346 g/mol. The molecule has 0 atom stereocenters. The van der Waals surface area contributed by atoms with Crippen LogP contribution in [0.3, 0.4) is 0 Å². The second kappa shape index (κ2) is 15.3. The van der Waals surface area contributed by atoms with Crippen molar-refractivity contribution in [2.24, 2.45) is 5.90 Å². The van der Waals surface area contributed by atoms with E-state index in [0.717, 1.165) is 0 Å². The van der Waals surface area contributed by atoms with Gasteiger partial charge in [-0.05, 0) is 30.9 Å². The molecule has 0 aliphatic heterocycles. The van der Waals surface area contributed by atoms with E-state index < -0.39 is 10.1 Å². The van der Waals surface area contributed by atoms with Crippen LogP contribution in [-0.2, 0) is 20.2 Å². The van der Waals surface area contributed by atoms with Crippen LogP contribution in [0, 0.1) is 0 Å². The number of allylic oxidation sites excluding steroid dienone is 2. The highest BCUT2D eigenvalue weighted by atomic mass is 32.2. The van der Waals surface area contributed by atoms with E-state index in [1.54, 1.807) is 30.3 Å². The Hall–Kier alpha value is -1.95. The fraction of sp³-hybridized carbons (Fsp3) is 0.333. The van der Waals surface area contributed by atoms with Crippen LogP contribution in [-0.4, -0.2) is 8.42 Å². The Kier molecular flexibility index (Phi) is 15.5. The summed E-state index contributed by atoms with van der Waals surface area (Å²) in [4.78, 5) is 0. The van der Waals surface area contributed by atoms with Gasteiger partial charge in [-0.15, -0.1) is 0 Å². The van der Waals surface area contributed by atoms with Gasteiger partial charge in [-0.1, -0.05) is 94.1 Å². The van der Waals surface area contributed by atoms with Crippen LogP contribution >= 0.6 is 0 Å². The molecule has 2 aromatic carbocycles. The minimum absolute atomic E-state index is 0. The third kappa shape index (κ3) is 13.4. The van der Waals surface area contributed by atoms with E-state index in [9.17, 15) is 8.42 Å². The van der Waals surface area contributed by atoms with E-state index in [4.69, 9.17) is 0 Å². The lowest BCUT2D eigenvalue weighted by atomic mass is 10.0. The summed E-state index contributed by atoms with van der Waals surface area (Å²) in [7, 11) is -3.59. The van der Waals surface area contributed by atoms with Crippen molar-refractivity contribution in [2.75, 3.05) is 0 Å². The maximum Gasteiger partial charge on any atom is 0.287 e. The molecule has 0 saturated carbocycles. The summed E-state index contributed by atoms with van der Waals surface area (Å²) >= 11 is 0. The third-order valence-electron chi connectivity index (χ3n) is 3.13. The quantitative estimate of drug-likeness (QED) is 0.567. The molecule has 0 saturated heterocycles. The van der Waals surface area contributed by atoms with Gasteiger partial charge in [0.05, 0.1) is 0 Å². The molecule has 0 aromatic heterocycles. The smallest absolute Gasteiger partial charge is 0.198 e. The summed E-state index contributed by atoms with van der Waals surface area (Å²) in [5.41, 5.74) is 2.07. The van der Waals surface area contributed by atoms with Gasteiger partial charge in [-0.25, -0.2) is 0 Å². The first-order valence-electron chi connectivity index (χ1n) is 8.13. The first-order chi connectivity index (χ1) is 11.9. The highest BCUT2D eigenvalue weighted by Gasteiger charge is 2.09. The van der Waals surface area contributed by atoms with Gasteiger partial charge in [0, 0.05) is 0 Å². The van der Waals surface area contributed by atoms with E-state index >= 15 is 0 Å². The van der Waals surface area contributed by atoms with Crippen molar-refractivity contribution in [1.82, 2.24) is 0 Å². The summed E-state index contributed by atoms with van der Waals surface area (Å²) in [5.74, 6) is 5.03. The van der Waals surface area contributed by atoms with Gasteiger partial charge in [0.15, 0.2) is 0 Å². The predicted molar refractivity (Wildman–Crippen MR) is 112 cm³/mol. The van der Waals surface area contributed by atoms with E-state index in [1.165, 1.54) is 5.56 Å². The molecule has 0 radical (unpaired) electrons. The topological polar surface area (TPSA) is 69.4 Å². The van der Waals surface area contributed by atoms with Gasteiger partial charge in [-0.3, -0.25) is 0 Å². The number of hydrogen-bond donors (Lipinski definition) is 1. The Bertz CT molecular complexity index is 678. The molecular formula is C21H33NO3S. The second-order valence-electron chi connectivity index (χ2n) is 5.52. The first-order valence-corrected chi connectivity index (χ1v) is 9.71. The predicted octanol–water partition coefficient (Wildman–Crippen LogP) is 5.44. The zero-order valence-electron chi connectivity index (χ0n) is 15.4. The van der Waals surface area contributed by atoms with Crippen molar-refractivity contribution < 1.29 is 12.7 Å². The number of rotatable bonds is 4. The average Bonchev–Trinajstić information content (AvgIpc) is 2.63. The molecule has 0 spiro atoms. The minimum atomic E-state index is -3.59. The Morgan fingerprint density at radius 3 is 1.65 bits per heavy atom. The van der Waals surface area contributed by atoms with Crippen molar-refractivity contribution in [1.29, 1.82) is 0 Å². The SMILES string of the molecule is C.CC(C)c1ccccc1.CC=CC.NOS(=O)(=O)Cc1ccccc1. The highest BCUT2D eigenvalue weighted by Crippen LogP contribution is 2.11. The highest BCUT2D eigenvalue weighted by molar-refractivity contribution is 7.85. The van der Waals surface area contributed by atoms with Crippen LogP contribution in [0.4, 0.5) is 0 Å². The molecule has 26 heavy (non-hydrogen) atoms. The largest absolute Gasteiger partial charge is 0.287 e. The van der Waals surface area contributed by atoms with Gasteiger partial charge in [0.25, 0.3) is 10.1 Å². The van der Waals surface area contributed by atoms with Crippen LogP contribution in [0.1, 0.15) is 52.2 Å². The van der Waals surface area contributed by atoms with Crippen LogP contribution in [0.25, 0.3) is 0 Å². The minimum Gasteiger partial charge on any atom is -0.198 e. The van der Waals surface area contributed by atoms with Gasteiger partial charge in [0.1, 0.15) is 5.75 Å². The molecule has 0 amide bonds. The van der Waals surface area contributed by atoms with Crippen LogP contribution in [0.5, 0.6) is 0 Å². The third-order valence-corrected chi connectivity index (χ3v) is 4.11. The molecule has 0 bridgehead atoms. The Morgan fingerprint density at radius 1 is 0.923 bits per heavy atom. The molecule has 4 nitrogen and oxygen atoms in total. The van der Waals surface area contributed by atoms with Crippen molar-refractivity contribution in [3.63, 3.8) is 0 Å². The number of hydrogen-bond acceptors (Lipinski definition) is 4. The van der Waals surface area contributed by atoms with Crippen LogP contribution < -0.4 is 5.90 Å². The molecule has 2 rings (SSSR count). The average molecular weight is 380 g/mol. The summed E-state index contributed by atoms with van der Waals surface area (Å²) in [6, 6.07) is 19.2. The van der Waals surface area contributed by atoms with Crippen molar-refractivity contribution >= 4 is 10.1 Å². The van der Waals surface area contributed by atoms with E-state index in [2.05, 4.69) is 48.3 Å². The lowest BCUT2D eigenvalue weighted by Crippen LogP contribution is -2.12. The molecule has 0 aliphatic rings. The van der Waals surface area contributed by atoms with E-state index in [-0.39, 0.29) is 13.2 Å². The van der Waals surface area contributed by atoms with E-state index in [1.807, 2.05) is 32.1 Å². The molecule has 2 N–H and O–H groups in total. The fourth-order valence-electron chi connectivity index (χ4n) is 1.65. The first kappa shape index (κ1) is 26.3. The Labute approximate surface area is 159 Å². The second-order valence-corrected chi connectivity index (χ2v) is 7.11. The molecule has 0 fully saturated rings. The van der Waals surface area contributed by atoms with Crippen LogP contribution in [0.2, 0.25) is 0 Å². The molecule has 146 valence electrons. The fourth-order valence-corrected chi connectivity index (χ4v) is 2.32. The van der Waals surface area contributed by atoms with Crippen LogP contribution in [0.15, 0.2) is 72.8 Å². The zero-order chi connectivity index (χ0) is 19.1. The Morgan fingerprint density at radius 2 is 1.35 bits per heavy atom. The molecule has 0 heterocycles. The number of benzene rings is 2. The monoisotopic (exact) mass is 379 g/mol. The normalized spacial score (nSPS) is 10.2. The summed E-state index contributed by atoms with van der Waals surface area (Å²) in [6.07, 6.45) is 4.00. The molecule has 0 aliphatic carbocycles. The standard InChI is InChI=1S/C9H12.C7H9NO3S.C4H8.CH4/c1-8(2)9-6-4-3-5-7-9;8-11-12(9,10)6-7-4-2-1-3-5-7;1-3-4-2;/h3-8H,1-2H3;1-5H,6,8H2;3-4H,1-2H3;1H4. The van der Waals surface area contributed by atoms with Gasteiger partial charge >= 0.3 is 0 Å². The van der Waals surface area contributed by atoms with Crippen molar-refractivity contribution in [3.8, 4) is 0 Å². The zero-order valence-corrected chi connectivity index (χ0v) is 16.2. The van der Waals surface area contributed by atoms with Gasteiger partial charge < -0.3 is 0 Å². The van der Waals surface area contributed by atoms with Crippen molar-refractivity contribution in [2.45, 2.75) is 46.8 Å². The summed E-state index contributed by atoms with van der Waals surface area (Å²) in [6.45, 7) is 8.41. The van der Waals surface area contributed by atoms with Gasteiger partial charge in [0.2, 0.25) is 0 Å².